The van der Waals surface area contributed by atoms with Gasteiger partial charge in [-0.2, -0.15) is 0 Å². The molecule has 136 valence electrons. The monoisotopic (exact) mass is 338 g/mol. The van der Waals surface area contributed by atoms with E-state index in [1.807, 2.05) is 6.92 Å². The maximum Gasteiger partial charge on any atom is 0.312 e. The van der Waals surface area contributed by atoms with Crippen LogP contribution < -0.4 is 0 Å². The van der Waals surface area contributed by atoms with Crippen LogP contribution in [0.4, 0.5) is 0 Å². The molecule has 0 aliphatic heterocycles. The molecule has 2 rings (SSSR count). The molecule has 0 spiro atoms. The van der Waals surface area contributed by atoms with E-state index >= 15 is 0 Å². The summed E-state index contributed by atoms with van der Waals surface area (Å²) in [5.41, 5.74) is -0.610. The zero-order valence-electron chi connectivity index (χ0n) is 15.0. The molecular formula is C19H30O5. The van der Waals surface area contributed by atoms with Gasteiger partial charge < -0.3 is 14.6 Å². The Labute approximate surface area is 144 Å². The molecule has 0 saturated heterocycles. The average molecular weight is 338 g/mol. The van der Waals surface area contributed by atoms with Crippen molar-refractivity contribution in [2.75, 3.05) is 14.2 Å². The summed E-state index contributed by atoms with van der Waals surface area (Å²) in [5, 5.41) is 10.3. The highest BCUT2D eigenvalue weighted by Gasteiger charge is 2.53. The van der Waals surface area contributed by atoms with E-state index in [0.717, 1.165) is 38.5 Å². The van der Waals surface area contributed by atoms with Crippen LogP contribution in [0.25, 0.3) is 0 Å². The number of aliphatic hydroxyl groups is 1. The summed E-state index contributed by atoms with van der Waals surface area (Å²) in [6.07, 6.45) is 9.35. The van der Waals surface area contributed by atoms with E-state index < -0.39 is 5.41 Å². The highest BCUT2D eigenvalue weighted by Crippen LogP contribution is 2.52. The van der Waals surface area contributed by atoms with Gasteiger partial charge in [-0.05, 0) is 44.4 Å². The number of unbranched alkanes of at least 4 members (excludes halogenated alkanes) is 1. The molecule has 0 heterocycles. The van der Waals surface area contributed by atoms with Crippen molar-refractivity contribution < 1.29 is 24.2 Å². The van der Waals surface area contributed by atoms with Crippen LogP contribution >= 0.6 is 0 Å². The van der Waals surface area contributed by atoms with E-state index in [1.54, 1.807) is 0 Å². The van der Waals surface area contributed by atoms with Gasteiger partial charge in [-0.3, -0.25) is 9.59 Å². The molecule has 5 nitrogen and oxygen atoms in total. The molecule has 24 heavy (non-hydrogen) atoms. The molecule has 0 aromatic carbocycles. The van der Waals surface area contributed by atoms with Crippen LogP contribution in [-0.4, -0.2) is 37.4 Å². The highest BCUT2D eigenvalue weighted by molar-refractivity contribution is 5.78. The van der Waals surface area contributed by atoms with Crippen molar-refractivity contribution in [2.45, 2.75) is 58.0 Å². The van der Waals surface area contributed by atoms with Gasteiger partial charge in [-0.25, -0.2) is 0 Å². The second-order valence-corrected chi connectivity index (χ2v) is 7.27. The molecule has 1 saturated carbocycles. The normalized spacial score (nSPS) is 35.2. The van der Waals surface area contributed by atoms with Gasteiger partial charge in [0.1, 0.15) is 0 Å². The Morgan fingerprint density at radius 3 is 2.58 bits per heavy atom. The number of carbonyl (C=O) groups excluding carboxylic acids is 2. The topological polar surface area (TPSA) is 72.8 Å². The molecule has 5 heteroatoms. The highest BCUT2D eigenvalue weighted by atomic mass is 16.5. The van der Waals surface area contributed by atoms with Crippen LogP contribution in [0.15, 0.2) is 12.2 Å². The van der Waals surface area contributed by atoms with Gasteiger partial charge in [0.15, 0.2) is 0 Å². The summed E-state index contributed by atoms with van der Waals surface area (Å²) in [6.45, 7) is 1.99. The fraction of sp³-hybridized carbons (Fsp3) is 0.789. The molecule has 0 unspecified atom stereocenters. The largest absolute Gasteiger partial charge is 0.469 e. The van der Waals surface area contributed by atoms with Gasteiger partial charge in [0.05, 0.1) is 25.7 Å². The number of rotatable bonds is 6. The number of methoxy groups -OCH3 is 2. The molecule has 2 aliphatic rings. The number of hydrogen-bond donors (Lipinski definition) is 1. The molecule has 1 N–H and O–H groups in total. The van der Waals surface area contributed by atoms with Gasteiger partial charge in [-0.1, -0.05) is 25.0 Å². The molecule has 5 atom stereocenters. The van der Waals surface area contributed by atoms with Crippen molar-refractivity contribution in [3.8, 4) is 0 Å². The average Bonchev–Trinajstić information content (AvgIpc) is 2.59. The molecule has 2 aliphatic carbocycles. The number of fused-ring (bicyclic) bond motifs is 1. The van der Waals surface area contributed by atoms with Crippen LogP contribution in [-0.2, 0) is 19.1 Å². The minimum absolute atomic E-state index is 0.0363. The van der Waals surface area contributed by atoms with Crippen LogP contribution in [0.3, 0.4) is 0 Å². The predicted octanol–water partition coefficient (Wildman–Crippen LogP) is 2.86. The first-order valence-electron chi connectivity index (χ1n) is 8.96. The Hall–Kier alpha value is -1.36. The summed E-state index contributed by atoms with van der Waals surface area (Å²) in [4.78, 5) is 23.9. The summed E-state index contributed by atoms with van der Waals surface area (Å²) >= 11 is 0. The summed E-state index contributed by atoms with van der Waals surface area (Å²) in [5.74, 6) is -0.151. The van der Waals surface area contributed by atoms with Crippen molar-refractivity contribution >= 4 is 11.9 Å². The van der Waals surface area contributed by atoms with Crippen LogP contribution in [0, 0.1) is 23.2 Å². The third-order valence-corrected chi connectivity index (χ3v) is 6.03. The first-order valence-corrected chi connectivity index (χ1v) is 8.96. The number of aliphatic hydroxyl groups excluding tert-OH is 1. The zero-order valence-corrected chi connectivity index (χ0v) is 15.0. The molecule has 0 radical (unpaired) electrons. The van der Waals surface area contributed by atoms with Crippen molar-refractivity contribution in [1.82, 2.24) is 0 Å². The number of hydrogen-bond acceptors (Lipinski definition) is 5. The third-order valence-electron chi connectivity index (χ3n) is 6.03. The predicted molar refractivity (Wildman–Crippen MR) is 90.1 cm³/mol. The molecule has 1 fully saturated rings. The van der Waals surface area contributed by atoms with Crippen molar-refractivity contribution in [3.63, 3.8) is 0 Å². The lowest BCUT2D eigenvalue weighted by Gasteiger charge is -2.49. The second kappa shape index (κ2) is 8.15. The minimum Gasteiger partial charge on any atom is -0.469 e. The van der Waals surface area contributed by atoms with Crippen molar-refractivity contribution in [3.05, 3.63) is 12.2 Å². The molecule has 0 aromatic rings. The number of esters is 2. The molecular weight excluding hydrogens is 308 g/mol. The van der Waals surface area contributed by atoms with E-state index in [4.69, 9.17) is 4.74 Å². The van der Waals surface area contributed by atoms with Gasteiger partial charge in [0.25, 0.3) is 0 Å². The lowest BCUT2D eigenvalue weighted by Crippen LogP contribution is -2.51. The Morgan fingerprint density at radius 2 is 1.92 bits per heavy atom. The van der Waals surface area contributed by atoms with Gasteiger partial charge in [0, 0.05) is 12.3 Å². The van der Waals surface area contributed by atoms with Crippen molar-refractivity contribution in [2.24, 2.45) is 23.2 Å². The number of ether oxygens (including phenoxy) is 2. The molecule has 0 amide bonds. The Bertz CT molecular complexity index is 486. The maximum atomic E-state index is 12.6. The van der Waals surface area contributed by atoms with Gasteiger partial charge in [-0.15, -0.1) is 0 Å². The van der Waals surface area contributed by atoms with Crippen LogP contribution in [0.1, 0.15) is 51.9 Å². The van der Waals surface area contributed by atoms with Crippen LogP contribution in [0.2, 0.25) is 0 Å². The quantitative estimate of drug-likeness (QED) is 0.458. The smallest absolute Gasteiger partial charge is 0.312 e. The molecule has 0 bridgehead atoms. The van der Waals surface area contributed by atoms with E-state index in [0.29, 0.717) is 6.42 Å². The van der Waals surface area contributed by atoms with E-state index in [2.05, 4.69) is 16.9 Å². The number of carbonyl (C=O) groups is 2. The standard InChI is InChI=1S/C19H30O5/c1-19(18(22)24-3)13(7-4-5-10-17(21)23-2)11-12-14-15(19)8-6-9-16(14)20/h11-16,20H,4-10H2,1-3H3/t13-,14+,15-,16-,19-/m1/s1. The van der Waals surface area contributed by atoms with E-state index in [1.165, 1.54) is 14.2 Å². The lowest BCUT2D eigenvalue weighted by molar-refractivity contribution is -0.164. The van der Waals surface area contributed by atoms with Gasteiger partial charge >= 0.3 is 11.9 Å². The number of allylic oxidation sites excluding steroid dienone is 1. The lowest BCUT2D eigenvalue weighted by atomic mass is 9.55. The second-order valence-electron chi connectivity index (χ2n) is 7.27. The molecule has 0 aromatic heterocycles. The van der Waals surface area contributed by atoms with E-state index in [-0.39, 0.29) is 35.8 Å². The summed E-state index contributed by atoms with van der Waals surface area (Å²) in [6, 6.07) is 0. The fourth-order valence-corrected chi connectivity index (χ4v) is 4.55. The van der Waals surface area contributed by atoms with Crippen LogP contribution in [0.5, 0.6) is 0 Å². The Balaban J connectivity index is 2.11. The minimum atomic E-state index is -0.610. The first-order chi connectivity index (χ1) is 11.4. The Kier molecular flexibility index (Phi) is 6.44. The van der Waals surface area contributed by atoms with E-state index in [9.17, 15) is 14.7 Å². The fourth-order valence-electron chi connectivity index (χ4n) is 4.55. The maximum absolute atomic E-state index is 12.6. The first kappa shape index (κ1) is 19.0. The van der Waals surface area contributed by atoms with Crippen molar-refractivity contribution in [1.29, 1.82) is 0 Å². The zero-order chi connectivity index (χ0) is 17.7. The third kappa shape index (κ3) is 3.66. The summed E-state index contributed by atoms with van der Waals surface area (Å²) < 4.78 is 9.81. The van der Waals surface area contributed by atoms with Gasteiger partial charge in [0.2, 0.25) is 0 Å². The SMILES string of the molecule is COC(=O)CCCC[C@@H]1C=C[C@@H]2[C@H](O)CCC[C@H]2[C@]1(C)C(=O)OC. The summed E-state index contributed by atoms with van der Waals surface area (Å²) in [7, 11) is 2.84. The Morgan fingerprint density at radius 1 is 1.17 bits per heavy atom.